The van der Waals surface area contributed by atoms with Crippen molar-refractivity contribution in [2.45, 2.75) is 33.6 Å². The van der Waals surface area contributed by atoms with Gasteiger partial charge in [0.1, 0.15) is 5.78 Å². The number of aromatic nitrogens is 2. The van der Waals surface area contributed by atoms with Crippen LogP contribution in [0.4, 0.5) is 0 Å². The molecule has 0 aromatic carbocycles. The summed E-state index contributed by atoms with van der Waals surface area (Å²) in [5.41, 5.74) is 7.09. The quantitative estimate of drug-likeness (QED) is 0.904. The zero-order valence-electron chi connectivity index (χ0n) is 10.9. The number of halogens is 1. The number of aryl methyl sites for hydroxylation is 2. The van der Waals surface area contributed by atoms with Crippen molar-refractivity contribution in [3.05, 3.63) is 15.9 Å². The van der Waals surface area contributed by atoms with Crippen LogP contribution in [0.1, 0.15) is 31.7 Å². The second-order valence-electron chi connectivity index (χ2n) is 4.69. The Morgan fingerprint density at radius 3 is 2.53 bits per heavy atom. The number of rotatable bonds is 5. The van der Waals surface area contributed by atoms with Crippen molar-refractivity contribution in [1.29, 1.82) is 0 Å². The molecule has 4 nitrogen and oxygen atoms in total. The molecule has 0 aliphatic heterocycles. The average molecular weight is 302 g/mol. The van der Waals surface area contributed by atoms with Gasteiger partial charge < -0.3 is 5.73 Å². The summed E-state index contributed by atoms with van der Waals surface area (Å²) < 4.78 is 2.67. The van der Waals surface area contributed by atoms with Crippen molar-refractivity contribution in [1.82, 2.24) is 9.78 Å². The highest BCUT2D eigenvalue weighted by Gasteiger charge is 2.30. The van der Waals surface area contributed by atoms with Gasteiger partial charge in [0.2, 0.25) is 0 Å². The molecule has 0 amide bonds. The van der Waals surface area contributed by atoms with Crippen molar-refractivity contribution >= 4 is 21.7 Å². The standard InChI is InChI=1S/C12H20BrN3O/c1-5-12(3,7-14)10(17)6-9-11(13)8(2)15-16(9)4/h5-7,14H2,1-4H3. The number of carbonyl (C=O) groups excluding carboxylic acids is 1. The molecule has 96 valence electrons. The second kappa shape index (κ2) is 5.31. The van der Waals surface area contributed by atoms with Gasteiger partial charge in [0.05, 0.1) is 22.3 Å². The van der Waals surface area contributed by atoms with Crippen molar-refractivity contribution in [3.8, 4) is 0 Å². The second-order valence-corrected chi connectivity index (χ2v) is 5.48. The van der Waals surface area contributed by atoms with Crippen LogP contribution in [0.5, 0.6) is 0 Å². The first-order valence-corrected chi connectivity index (χ1v) is 6.56. The van der Waals surface area contributed by atoms with Crippen LogP contribution in [-0.2, 0) is 18.3 Å². The molecule has 0 aliphatic rings. The topological polar surface area (TPSA) is 60.9 Å². The van der Waals surface area contributed by atoms with Crippen LogP contribution in [0.15, 0.2) is 4.47 Å². The van der Waals surface area contributed by atoms with Crippen LogP contribution < -0.4 is 5.73 Å². The summed E-state index contributed by atoms with van der Waals surface area (Å²) in [5, 5.41) is 4.28. The van der Waals surface area contributed by atoms with E-state index in [4.69, 9.17) is 5.73 Å². The van der Waals surface area contributed by atoms with Crippen molar-refractivity contribution in [3.63, 3.8) is 0 Å². The van der Waals surface area contributed by atoms with Crippen molar-refractivity contribution in [2.24, 2.45) is 18.2 Å². The summed E-state index contributed by atoms with van der Waals surface area (Å²) in [7, 11) is 1.85. The van der Waals surface area contributed by atoms with Crippen molar-refractivity contribution in [2.75, 3.05) is 6.54 Å². The Bertz CT molecular complexity index is 422. The van der Waals surface area contributed by atoms with Crippen molar-refractivity contribution < 1.29 is 4.79 Å². The number of nitrogens with two attached hydrogens (primary N) is 1. The number of Topliss-reactive ketones (excluding diaryl/α,β-unsaturated/α-hetero) is 1. The Labute approximate surface area is 111 Å². The Kier molecular flexibility index (Phi) is 4.49. The molecule has 0 spiro atoms. The zero-order chi connectivity index (χ0) is 13.2. The van der Waals surface area contributed by atoms with Gasteiger partial charge in [-0.25, -0.2) is 0 Å². The normalized spacial score (nSPS) is 14.7. The predicted octanol–water partition coefficient (Wildman–Crippen LogP) is 1.98. The Morgan fingerprint density at radius 2 is 2.18 bits per heavy atom. The van der Waals surface area contributed by atoms with Gasteiger partial charge in [0.15, 0.2) is 0 Å². The molecule has 0 radical (unpaired) electrons. The van der Waals surface area contributed by atoms with Gasteiger partial charge in [-0.05, 0) is 29.3 Å². The molecular formula is C12H20BrN3O. The first-order chi connectivity index (χ1) is 7.85. The van der Waals surface area contributed by atoms with E-state index in [1.807, 2.05) is 27.8 Å². The van der Waals surface area contributed by atoms with E-state index >= 15 is 0 Å². The molecule has 1 rings (SSSR count). The van der Waals surface area contributed by atoms with Gasteiger partial charge in [-0.3, -0.25) is 9.48 Å². The maximum Gasteiger partial charge on any atom is 0.145 e. The highest BCUT2D eigenvalue weighted by Crippen LogP contribution is 2.26. The van der Waals surface area contributed by atoms with Gasteiger partial charge in [0, 0.05) is 19.0 Å². The summed E-state index contributed by atoms with van der Waals surface area (Å²) >= 11 is 3.47. The molecule has 1 aromatic rings. The maximum absolute atomic E-state index is 12.3. The SMILES string of the molecule is CCC(C)(CN)C(=O)Cc1c(Br)c(C)nn1C. The molecule has 0 saturated heterocycles. The minimum absolute atomic E-state index is 0.172. The van der Waals surface area contributed by atoms with E-state index in [1.54, 1.807) is 4.68 Å². The molecule has 1 atom stereocenters. The van der Waals surface area contributed by atoms with Crippen LogP contribution in [0.25, 0.3) is 0 Å². The predicted molar refractivity (Wildman–Crippen MR) is 71.8 cm³/mol. The summed E-state index contributed by atoms with van der Waals surface area (Å²) in [6, 6.07) is 0. The molecule has 1 unspecified atom stereocenters. The Balaban J connectivity index is 2.95. The number of hydrogen-bond acceptors (Lipinski definition) is 3. The monoisotopic (exact) mass is 301 g/mol. The van der Waals surface area contributed by atoms with E-state index in [2.05, 4.69) is 21.0 Å². The molecular weight excluding hydrogens is 282 g/mol. The van der Waals surface area contributed by atoms with Crippen LogP contribution in [0.3, 0.4) is 0 Å². The van der Waals surface area contributed by atoms with E-state index in [0.717, 1.165) is 22.3 Å². The Hall–Kier alpha value is -0.680. The molecule has 0 saturated carbocycles. The molecule has 0 aliphatic carbocycles. The van der Waals surface area contributed by atoms with E-state index in [1.165, 1.54) is 0 Å². The molecule has 5 heteroatoms. The third-order valence-electron chi connectivity index (χ3n) is 3.49. The van der Waals surface area contributed by atoms with Crippen LogP contribution in [-0.4, -0.2) is 22.1 Å². The maximum atomic E-state index is 12.3. The lowest BCUT2D eigenvalue weighted by Gasteiger charge is -2.24. The largest absolute Gasteiger partial charge is 0.329 e. The first kappa shape index (κ1) is 14.4. The highest BCUT2D eigenvalue weighted by atomic mass is 79.9. The molecule has 17 heavy (non-hydrogen) atoms. The molecule has 0 fully saturated rings. The summed E-state index contributed by atoms with van der Waals surface area (Å²) in [6.45, 7) is 6.22. The zero-order valence-corrected chi connectivity index (χ0v) is 12.5. The van der Waals surface area contributed by atoms with Gasteiger partial charge in [0.25, 0.3) is 0 Å². The fourth-order valence-corrected chi connectivity index (χ4v) is 2.17. The minimum atomic E-state index is -0.433. The molecule has 2 N–H and O–H groups in total. The fourth-order valence-electron chi connectivity index (χ4n) is 1.69. The lowest BCUT2D eigenvalue weighted by atomic mass is 9.81. The smallest absolute Gasteiger partial charge is 0.145 e. The third-order valence-corrected chi connectivity index (χ3v) is 4.53. The van der Waals surface area contributed by atoms with Gasteiger partial charge in [-0.15, -0.1) is 0 Å². The first-order valence-electron chi connectivity index (χ1n) is 5.77. The van der Waals surface area contributed by atoms with E-state index in [0.29, 0.717) is 13.0 Å². The van der Waals surface area contributed by atoms with Gasteiger partial charge in [-0.1, -0.05) is 13.8 Å². The van der Waals surface area contributed by atoms with E-state index in [-0.39, 0.29) is 5.78 Å². The number of nitrogens with zero attached hydrogens (tertiary/aromatic N) is 2. The third kappa shape index (κ3) is 2.77. The lowest BCUT2D eigenvalue weighted by Crippen LogP contribution is -2.36. The van der Waals surface area contributed by atoms with Crippen LogP contribution in [0, 0.1) is 12.3 Å². The van der Waals surface area contributed by atoms with Gasteiger partial charge in [-0.2, -0.15) is 5.10 Å². The lowest BCUT2D eigenvalue weighted by molar-refractivity contribution is -0.127. The molecule has 1 heterocycles. The summed E-state index contributed by atoms with van der Waals surface area (Å²) in [5.74, 6) is 0.172. The van der Waals surface area contributed by atoms with E-state index in [9.17, 15) is 4.79 Å². The Morgan fingerprint density at radius 1 is 1.59 bits per heavy atom. The van der Waals surface area contributed by atoms with E-state index < -0.39 is 5.41 Å². The number of carbonyl (C=O) groups is 1. The molecule has 0 bridgehead atoms. The van der Waals surface area contributed by atoms with Crippen LogP contribution >= 0.6 is 15.9 Å². The highest BCUT2D eigenvalue weighted by molar-refractivity contribution is 9.10. The summed E-state index contributed by atoms with van der Waals surface area (Å²) in [6.07, 6.45) is 1.14. The fraction of sp³-hybridized carbons (Fsp3) is 0.667. The number of hydrogen-bond donors (Lipinski definition) is 1. The summed E-state index contributed by atoms with van der Waals surface area (Å²) in [4.78, 5) is 12.3. The molecule has 1 aromatic heterocycles. The number of ketones is 1. The minimum Gasteiger partial charge on any atom is -0.329 e. The average Bonchev–Trinajstić information content (AvgIpc) is 2.54. The van der Waals surface area contributed by atoms with Gasteiger partial charge >= 0.3 is 0 Å². The van der Waals surface area contributed by atoms with Crippen LogP contribution in [0.2, 0.25) is 0 Å².